The van der Waals surface area contributed by atoms with Gasteiger partial charge in [0.15, 0.2) is 0 Å². The maximum absolute atomic E-state index is 13.5. The first kappa shape index (κ1) is 17.2. The highest BCUT2D eigenvalue weighted by Crippen LogP contribution is 2.24. The number of benzene rings is 1. The van der Waals surface area contributed by atoms with Crippen LogP contribution < -0.4 is 10.6 Å². The molecule has 0 bridgehead atoms. The number of hydrogen-bond acceptors (Lipinski definition) is 3. The van der Waals surface area contributed by atoms with Gasteiger partial charge in [0, 0.05) is 25.6 Å². The minimum absolute atomic E-state index is 0. The summed E-state index contributed by atoms with van der Waals surface area (Å²) >= 11 is 0. The fourth-order valence-electron chi connectivity index (χ4n) is 3.36. The largest absolute Gasteiger partial charge is 0.324 e. The summed E-state index contributed by atoms with van der Waals surface area (Å²) in [5.41, 5.74) is 0.265. The van der Waals surface area contributed by atoms with E-state index in [0.717, 1.165) is 32.1 Å². The minimum atomic E-state index is -0.385. The Bertz CT molecular complexity index is 514. The molecule has 0 radical (unpaired) electrons. The van der Waals surface area contributed by atoms with Crippen molar-refractivity contribution in [3.63, 3.8) is 0 Å². The Kier molecular flexibility index (Phi) is 6.17. The number of halogens is 2. The average molecular weight is 328 g/mol. The lowest BCUT2D eigenvalue weighted by Gasteiger charge is -2.34. The predicted octanol–water partition coefficient (Wildman–Crippen LogP) is 2.26. The van der Waals surface area contributed by atoms with Crippen LogP contribution in [-0.4, -0.2) is 43.0 Å². The van der Waals surface area contributed by atoms with E-state index in [-0.39, 0.29) is 29.8 Å². The molecule has 0 saturated carbocycles. The number of hydrogen-bond donors (Lipinski definition) is 2. The highest BCUT2D eigenvalue weighted by molar-refractivity contribution is 5.90. The summed E-state index contributed by atoms with van der Waals surface area (Å²) < 4.78 is 13.5. The molecule has 2 aliphatic heterocycles. The monoisotopic (exact) mass is 327 g/mol. The van der Waals surface area contributed by atoms with Crippen LogP contribution in [0.1, 0.15) is 19.3 Å². The molecule has 2 unspecified atom stereocenters. The molecular weight excluding hydrogens is 305 g/mol. The number of carbonyl (C=O) groups excluding carboxylic acids is 1. The molecule has 1 aromatic carbocycles. The zero-order chi connectivity index (χ0) is 14.7. The van der Waals surface area contributed by atoms with E-state index in [1.807, 2.05) is 0 Å². The van der Waals surface area contributed by atoms with Crippen molar-refractivity contribution in [2.45, 2.75) is 25.3 Å². The van der Waals surface area contributed by atoms with Crippen molar-refractivity contribution in [3.05, 3.63) is 30.1 Å². The fourth-order valence-corrected chi connectivity index (χ4v) is 3.36. The molecule has 1 amide bonds. The maximum Gasteiger partial charge on any atom is 0.225 e. The van der Waals surface area contributed by atoms with E-state index in [1.54, 1.807) is 18.2 Å². The van der Waals surface area contributed by atoms with E-state index < -0.39 is 0 Å². The third kappa shape index (κ3) is 4.18. The number of para-hydroxylation sites is 1. The van der Waals surface area contributed by atoms with Crippen molar-refractivity contribution in [2.75, 3.05) is 31.5 Å². The normalized spacial score (nSPS) is 24.4. The molecule has 0 aliphatic carbocycles. The van der Waals surface area contributed by atoms with Gasteiger partial charge in [0.1, 0.15) is 5.82 Å². The topological polar surface area (TPSA) is 44.4 Å². The average Bonchev–Trinajstić information content (AvgIpc) is 2.95. The Hall–Kier alpha value is -1.17. The first-order valence-corrected chi connectivity index (χ1v) is 7.72. The van der Waals surface area contributed by atoms with Crippen molar-refractivity contribution in [1.82, 2.24) is 10.2 Å². The Morgan fingerprint density at radius 1 is 1.36 bits per heavy atom. The lowest BCUT2D eigenvalue weighted by atomic mass is 9.93. The third-order valence-electron chi connectivity index (χ3n) is 4.54. The van der Waals surface area contributed by atoms with Gasteiger partial charge in [0.25, 0.3) is 0 Å². The minimum Gasteiger partial charge on any atom is -0.324 e. The Balaban J connectivity index is 0.00000176. The summed E-state index contributed by atoms with van der Waals surface area (Å²) in [6.45, 7) is 3.99. The molecule has 6 heteroatoms. The molecule has 1 aromatic rings. The van der Waals surface area contributed by atoms with E-state index >= 15 is 0 Å². The molecule has 2 atom stereocenters. The predicted molar refractivity (Wildman–Crippen MR) is 87.8 cm³/mol. The molecule has 2 aliphatic rings. The number of likely N-dealkylation sites (tertiary alicyclic amines) is 1. The quantitative estimate of drug-likeness (QED) is 0.891. The number of anilines is 1. The number of carbonyl (C=O) groups is 1. The molecule has 3 rings (SSSR count). The van der Waals surface area contributed by atoms with Crippen LogP contribution in [0.2, 0.25) is 0 Å². The molecule has 0 aromatic heterocycles. The maximum atomic E-state index is 13.5. The summed E-state index contributed by atoms with van der Waals surface area (Å²) in [7, 11) is 0. The summed E-state index contributed by atoms with van der Waals surface area (Å²) in [6.07, 6.45) is 2.82. The number of fused-ring (bicyclic) bond motifs is 1. The van der Waals surface area contributed by atoms with Crippen molar-refractivity contribution in [2.24, 2.45) is 5.92 Å². The van der Waals surface area contributed by atoms with Crippen molar-refractivity contribution in [3.8, 4) is 0 Å². The number of piperidine rings is 1. The summed E-state index contributed by atoms with van der Waals surface area (Å²) in [5.74, 6) is 0.226. The number of nitrogens with zero attached hydrogens (tertiary/aromatic N) is 1. The van der Waals surface area contributed by atoms with Crippen LogP contribution >= 0.6 is 12.4 Å². The van der Waals surface area contributed by atoms with Gasteiger partial charge in [-0.15, -0.1) is 12.4 Å². The Morgan fingerprint density at radius 2 is 2.18 bits per heavy atom. The van der Waals surface area contributed by atoms with Crippen molar-refractivity contribution >= 4 is 24.0 Å². The number of rotatable bonds is 4. The molecule has 2 heterocycles. The lowest BCUT2D eigenvalue weighted by Crippen LogP contribution is -2.45. The summed E-state index contributed by atoms with van der Waals surface area (Å²) in [6, 6.07) is 6.95. The fraction of sp³-hybridized carbons (Fsp3) is 0.562. The van der Waals surface area contributed by atoms with Gasteiger partial charge in [-0.1, -0.05) is 12.1 Å². The van der Waals surface area contributed by atoms with Gasteiger partial charge in [0.2, 0.25) is 5.91 Å². The van der Waals surface area contributed by atoms with Gasteiger partial charge in [0.05, 0.1) is 5.69 Å². The SMILES string of the molecule is Cl.O=C(CCN1CCC2NCCC2C1)Nc1ccccc1F. The molecule has 2 fully saturated rings. The van der Waals surface area contributed by atoms with Gasteiger partial charge >= 0.3 is 0 Å². The molecule has 2 N–H and O–H groups in total. The third-order valence-corrected chi connectivity index (χ3v) is 4.54. The number of nitrogens with one attached hydrogen (secondary N) is 2. The van der Waals surface area contributed by atoms with Gasteiger partial charge in [-0.2, -0.15) is 0 Å². The highest BCUT2D eigenvalue weighted by Gasteiger charge is 2.32. The van der Waals surface area contributed by atoms with Crippen molar-refractivity contribution in [1.29, 1.82) is 0 Å². The zero-order valence-corrected chi connectivity index (χ0v) is 13.4. The molecule has 22 heavy (non-hydrogen) atoms. The standard InChI is InChI=1S/C16H22FN3O.ClH/c17-13-3-1-2-4-15(13)19-16(21)7-10-20-9-6-14-12(11-20)5-8-18-14;/h1-4,12,14,18H,5-11H2,(H,19,21);1H. The van der Waals surface area contributed by atoms with Crippen LogP contribution in [0.5, 0.6) is 0 Å². The van der Waals surface area contributed by atoms with Gasteiger partial charge < -0.3 is 15.5 Å². The second kappa shape index (κ2) is 7.90. The molecule has 0 spiro atoms. The van der Waals surface area contributed by atoms with Crippen molar-refractivity contribution < 1.29 is 9.18 Å². The van der Waals surface area contributed by atoms with Crippen LogP contribution in [0.4, 0.5) is 10.1 Å². The van der Waals surface area contributed by atoms with Crippen LogP contribution in [0.25, 0.3) is 0 Å². The molecule has 4 nitrogen and oxygen atoms in total. The van der Waals surface area contributed by atoms with Crippen LogP contribution in [0.3, 0.4) is 0 Å². The molecule has 122 valence electrons. The number of amides is 1. The summed E-state index contributed by atoms with van der Waals surface area (Å²) in [4.78, 5) is 14.3. The second-order valence-corrected chi connectivity index (χ2v) is 5.98. The molecule has 2 saturated heterocycles. The van der Waals surface area contributed by atoms with Gasteiger partial charge in [-0.05, 0) is 44.0 Å². The zero-order valence-electron chi connectivity index (χ0n) is 12.6. The van der Waals surface area contributed by atoms with E-state index in [0.29, 0.717) is 12.5 Å². The van der Waals surface area contributed by atoms with E-state index in [4.69, 9.17) is 0 Å². The first-order valence-electron chi connectivity index (χ1n) is 7.72. The lowest BCUT2D eigenvalue weighted by molar-refractivity contribution is -0.116. The van der Waals surface area contributed by atoms with E-state index in [9.17, 15) is 9.18 Å². The van der Waals surface area contributed by atoms with Crippen LogP contribution in [-0.2, 0) is 4.79 Å². The van der Waals surface area contributed by atoms with Gasteiger partial charge in [-0.25, -0.2) is 4.39 Å². The second-order valence-electron chi connectivity index (χ2n) is 5.98. The Labute approximate surface area is 136 Å². The first-order chi connectivity index (χ1) is 10.2. The smallest absolute Gasteiger partial charge is 0.225 e. The highest BCUT2D eigenvalue weighted by atomic mass is 35.5. The van der Waals surface area contributed by atoms with Gasteiger partial charge in [-0.3, -0.25) is 4.79 Å². The molecular formula is C16H23ClFN3O. The van der Waals surface area contributed by atoms with Crippen LogP contribution in [0, 0.1) is 11.7 Å². The van der Waals surface area contributed by atoms with Crippen LogP contribution in [0.15, 0.2) is 24.3 Å². The van der Waals surface area contributed by atoms with E-state index in [2.05, 4.69) is 15.5 Å². The Morgan fingerprint density at radius 3 is 3.00 bits per heavy atom. The van der Waals surface area contributed by atoms with E-state index in [1.165, 1.54) is 18.9 Å². The summed E-state index contributed by atoms with van der Waals surface area (Å²) in [5, 5.41) is 6.18.